The molecular formula is C18H21N3O2S. The molecule has 2 heterocycles. The van der Waals surface area contributed by atoms with Crippen molar-refractivity contribution < 1.29 is 9.53 Å². The number of pyridine rings is 1. The number of nitrogens with one attached hydrogen (secondary N) is 1. The topological polar surface area (TPSA) is 77.2 Å². The molecule has 1 aromatic heterocycles. The number of thioether (sulfide) groups is 1. The van der Waals surface area contributed by atoms with Gasteiger partial charge in [0.15, 0.2) is 0 Å². The van der Waals surface area contributed by atoms with E-state index in [4.69, 9.17) is 10.5 Å². The predicted octanol–water partition coefficient (Wildman–Crippen LogP) is 2.70. The minimum absolute atomic E-state index is 0.198. The van der Waals surface area contributed by atoms with E-state index >= 15 is 0 Å². The Bertz CT molecular complexity index is 736. The van der Waals surface area contributed by atoms with E-state index in [1.165, 1.54) is 5.56 Å². The van der Waals surface area contributed by atoms with Crippen LogP contribution in [0, 0.1) is 0 Å². The van der Waals surface area contributed by atoms with Crippen LogP contribution in [-0.4, -0.2) is 35.5 Å². The van der Waals surface area contributed by atoms with Crippen molar-refractivity contribution in [3.05, 3.63) is 42.0 Å². The van der Waals surface area contributed by atoms with Crippen LogP contribution in [0.5, 0.6) is 5.75 Å². The summed E-state index contributed by atoms with van der Waals surface area (Å²) in [4.78, 5) is 16.7. The second kappa shape index (κ2) is 7.68. The van der Waals surface area contributed by atoms with Crippen LogP contribution in [0.25, 0.3) is 11.3 Å². The Labute approximate surface area is 146 Å². The summed E-state index contributed by atoms with van der Waals surface area (Å²) >= 11 is 1.68. The van der Waals surface area contributed by atoms with Crippen LogP contribution < -0.4 is 15.8 Å². The van der Waals surface area contributed by atoms with Gasteiger partial charge in [-0.3, -0.25) is 4.79 Å². The van der Waals surface area contributed by atoms with E-state index in [0.29, 0.717) is 12.2 Å². The van der Waals surface area contributed by atoms with Gasteiger partial charge >= 0.3 is 0 Å². The fraction of sp³-hybridized carbons (Fsp3) is 0.333. The molecule has 5 nitrogen and oxygen atoms in total. The summed E-state index contributed by atoms with van der Waals surface area (Å²) in [6.07, 6.45) is 3.57. The highest BCUT2D eigenvalue weighted by Crippen LogP contribution is 2.30. The van der Waals surface area contributed by atoms with Crippen molar-refractivity contribution in [2.75, 3.05) is 23.9 Å². The van der Waals surface area contributed by atoms with E-state index in [-0.39, 0.29) is 5.91 Å². The molecule has 0 unspecified atom stereocenters. The fourth-order valence-corrected chi connectivity index (χ4v) is 3.10. The Morgan fingerprint density at radius 2 is 2.29 bits per heavy atom. The van der Waals surface area contributed by atoms with Crippen molar-refractivity contribution in [2.24, 2.45) is 5.73 Å². The highest BCUT2D eigenvalue weighted by Gasteiger charge is 2.15. The van der Waals surface area contributed by atoms with Crippen LogP contribution in [0.15, 0.2) is 36.4 Å². The van der Waals surface area contributed by atoms with Crippen molar-refractivity contribution in [3.8, 4) is 17.0 Å². The molecule has 0 saturated carbocycles. The average Bonchev–Trinajstić information content (AvgIpc) is 3.07. The first-order valence-corrected chi connectivity index (χ1v) is 9.35. The van der Waals surface area contributed by atoms with E-state index in [2.05, 4.69) is 16.4 Å². The first-order valence-electron chi connectivity index (χ1n) is 7.96. The normalized spacial score (nSPS) is 13.9. The number of ether oxygens (including phenoxy) is 1. The molecule has 1 atom stereocenters. The van der Waals surface area contributed by atoms with Gasteiger partial charge in [-0.15, -0.1) is 0 Å². The molecule has 6 heteroatoms. The molecule has 1 aliphatic rings. The highest BCUT2D eigenvalue weighted by atomic mass is 32.2. The van der Waals surface area contributed by atoms with Gasteiger partial charge in [0.1, 0.15) is 11.6 Å². The summed E-state index contributed by atoms with van der Waals surface area (Å²) in [5.41, 5.74) is 8.93. The van der Waals surface area contributed by atoms with Gasteiger partial charge in [-0.25, -0.2) is 4.98 Å². The molecule has 0 bridgehead atoms. The minimum atomic E-state index is -0.514. The quantitative estimate of drug-likeness (QED) is 0.843. The summed E-state index contributed by atoms with van der Waals surface area (Å²) in [6.45, 7) is 0.732. The van der Waals surface area contributed by atoms with Gasteiger partial charge in [-0.2, -0.15) is 11.8 Å². The minimum Gasteiger partial charge on any atom is -0.493 e. The zero-order valence-electron chi connectivity index (χ0n) is 13.6. The Morgan fingerprint density at radius 3 is 3.12 bits per heavy atom. The summed E-state index contributed by atoms with van der Waals surface area (Å²) < 4.78 is 5.53. The number of nitrogens with zero attached hydrogens (tertiary/aromatic N) is 1. The molecule has 1 amide bonds. The Morgan fingerprint density at radius 1 is 1.42 bits per heavy atom. The van der Waals surface area contributed by atoms with Gasteiger partial charge in [0.25, 0.3) is 0 Å². The third-order valence-electron chi connectivity index (χ3n) is 3.96. The second-order valence-corrected chi connectivity index (χ2v) is 6.69. The molecule has 1 aliphatic heterocycles. The van der Waals surface area contributed by atoms with Crippen molar-refractivity contribution >= 4 is 23.5 Å². The second-order valence-electron chi connectivity index (χ2n) is 5.71. The maximum atomic E-state index is 12.1. The monoisotopic (exact) mass is 343 g/mol. The first kappa shape index (κ1) is 16.8. The molecule has 0 saturated heterocycles. The molecule has 126 valence electrons. The van der Waals surface area contributed by atoms with Crippen LogP contribution in [0.3, 0.4) is 0 Å². The number of benzene rings is 1. The molecule has 0 spiro atoms. The summed E-state index contributed by atoms with van der Waals surface area (Å²) in [6, 6.07) is 11.1. The Balaban J connectivity index is 1.73. The van der Waals surface area contributed by atoms with E-state index < -0.39 is 6.04 Å². The maximum Gasteiger partial charge on any atom is 0.242 e. The summed E-state index contributed by atoms with van der Waals surface area (Å²) in [7, 11) is 0. The lowest BCUT2D eigenvalue weighted by Gasteiger charge is -2.12. The Hall–Kier alpha value is -2.05. The van der Waals surface area contributed by atoms with Gasteiger partial charge in [-0.1, -0.05) is 6.07 Å². The molecule has 0 fully saturated rings. The smallest absolute Gasteiger partial charge is 0.242 e. The standard InChI is InChI=1S/C18H21N3O2S/c1-24-10-8-14(19)18(22)21-17-4-2-3-15(20-17)12-5-6-16-13(11-12)7-9-23-16/h2-6,11,14H,7-10,19H2,1H3,(H,20,21,22)/t14-/m0/s1. The number of carbonyl (C=O) groups is 1. The van der Waals surface area contributed by atoms with Crippen LogP contribution >= 0.6 is 11.8 Å². The number of nitrogens with two attached hydrogens (primary N) is 1. The SMILES string of the molecule is CSCC[C@H](N)C(=O)Nc1cccc(-c2ccc3c(c2)CCO3)n1. The number of hydrogen-bond acceptors (Lipinski definition) is 5. The first-order chi connectivity index (χ1) is 11.7. The summed E-state index contributed by atoms with van der Waals surface area (Å²) in [5, 5.41) is 2.80. The third-order valence-corrected chi connectivity index (χ3v) is 4.60. The Kier molecular flexibility index (Phi) is 5.37. The van der Waals surface area contributed by atoms with Gasteiger partial charge in [-0.05, 0) is 54.3 Å². The molecule has 3 rings (SSSR count). The number of fused-ring (bicyclic) bond motifs is 1. The largest absolute Gasteiger partial charge is 0.493 e. The number of aromatic nitrogens is 1. The predicted molar refractivity (Wildman–Crippen MR) is 98.5 cm³/mol. The van der Waals surface area contributed by atoms with Crippen molar-refractivity contribution in [1.82, 2.24) is 4.98 Å². The lowest BCUT2D eigenvalue weighted by Crippen LogP contribution is -2.36. The van der Waals surface area contributed by atoms with Gasteiger partial charge in [0.05, 0.1) is 18.3 Å². The number of anilines is 1. The van der Waals surface area contributed by atoms with E-state index in [9.17, 15) is 4.79 Å². The molecule has 1 aromatic carbocycles. The van der Waals surface area contributed by atoms with Crippen molar-refractivity contribution in [1.29, 1.82) is 0 Å². The highest BCUT2D eigenvalue weighted by molar-refractivity contribution is 7.98. The lowest BCUT2D eigenvalue weighted by molar-refractivity contribution is -0.117. The van der Waals surface area contributed by atoms with Gasteiger partial charge in [0.2, 0.25) is 5.91 Å². The summed E-state index contributed by atoms with van der Waals surface area (Å²) in [5.74, 6) is 2.13. The van der Waals surface area contributed by atoms with Crippen LogP contribution in [0.1, 0.15) is 12.0 Å². The van der Waals surface area contributed by atoms with Crippen LogP contribution in [0.2, 0.25) is 0 Å². The molecule has 2 aromatic rings. The van der Waals surface area contributed by atoms with Gasteiger partial charge < -0.3 is 15.8 Å². The van der Waals surface area contributed by atoms with Crippen LogP contribution in [-0.2, 0) is 11.2 Å². The lowest BCUT2D eigenvalue weighted by atomic mass is 10.1. The molecule has 0 radical (unpaired) electrons. The number of rotatable bonds is 6. The zero-order chi connectivity index (χ0) is 16.9. The molecular weight excluding hydrogens is 322 g/mol. The third kappa shape index (κ3) is 3.88. The van der Waals surface area contributed by atoms with E-state index in [0.717, 1.165) is 35.8 Å². The molecule has 3 N–H and O–H groups in total. The van der Waals surface area contributed by atoms with E-state index in [1.54, 1.807) is 17.8 Å². The average molecular weight is 343 g/mol. The fourth-order valence-electron chi connectivity index (χ4n) is 2.61. The number of hydrogen-bond donors (Lipinski definition) is 2. The van der Waals surface area contributed by atoms with Crippen molar-refractivity contribution in [2.45, 2.75) is 18.9 Å². The zero-order valence-corrected chi connectivity index (χ0v) is 14.4. The number of carbonyl (C=O) groups excluding carboxylic acids is 1. The van der Waals surface area contributed by atoms with Gasteiger partial charge in [0, 0.05) is 12.0 Å². The molecule has 24 heavy (non-hydrogen) atoms. The molecule has 0 aliphatic carbocycles. The van der Waals surface area contributed by atoms with Crippen molar-refractivity contribution in [3.63, 3.8) is 0 Å². The van der Waals surface area contributed by atoms with Crippen LogP contribution in [0.4, 0.5) is 5.82 Å². The number of amides is 1. The maximum absolute atomic E-state index is 12.1. The van der Waals surface area contributed by atoms with E-state index in [1.807, 2.05) is 30.5 Å².